The van der Waals surface area contributed by atoms with Crippen molar-refractivity contribution in [1.82, 2.24) is 24.0 Å². The quantitative estimate of drug-likeness (QED) is 0.804. The first kappa shape index (κ1) is 18.3. The van der Waals surface area contributed by atoms with E-state index in [-0.39, 0.29) is 0 Å². The monoisotopic (exact) mass is 377 g/mol. The van der Waals surface area contributed by atoms with Gasteiger partial charge in [-0.25, -0.2) is 18.7 Å². The van der Waals surface area contributed by atoms with Gasteiger partial charge in [-0.3, -0.25) is 14.3 Å². The highest BCUT2D eigenvalue weighted by Crippen LogP contribution is 2.22. The molecule has 0 amide bonds. The summed E-state index contributed by atoms with van der Waals surface area (Å²) in [6.45, 7) is 4.49. The predicted molar refractivity (Wildman–Crippen MR) is 96.6 cm³/mol. The summed E-state index contributed by atoms with van der Waals surface area (Å²) >= 11 is 0. The third kappa shape index (κ3) is 4.10. The van der Waals surface area contributed by atoms with E-state index in [4.69, 9.17) is 0 Å². The number of likely N-dealkylation sites (tertiary alicyclic amines) is 1. The van der Waals surface area contributed by atoms with Gasteiger partial charge in [0.05, 0.1) is 12.0 Å². The van der Waals surface area contributed by atoms with Gasteiger partial charge in [0.15, 0.2) is 0 Å². The molecule has 2 aliphatic rings. The van der Waals surface area contributed by atoms with Crippen molar-refractivity contribution in [3.63, 3.8) is 0 Å². The smallest absolute Gasteiger partial charge is 0.280 e. The van der Waals surface area contributed by atoms with E-state index in [0.29, 0.717) is 12.5 Å². The summed E-state index contributed by atoms with van der Waals surface area (Å²) in [5, 5.41) is 0. The van der Waals surface area contributed by atoms with Crippen molar-refractivity contribution >= 4 is 0 Å². The normalized spacial score (nSPS) is 18.8. The van der Waals surface area contributed by atoms with Crippen LogP contribution in [0.5, 0.6) is 0 Å². The van der Waals surface area contributed by atoms with Crippen molar-refractivity contribution in [1.29, 1.82) is 0 Å². The van der Waals surface area contributed by atoms with E-state index in [1.807, 2.05) is 6.20 Å². The van der Waals surface area contributed by atoms with E-state index >= 15 is 0 Å². The van der Waals surface area contributed by atoms with Gasteiger partial charge < -0.3 is 4.57 Å². The number of piperidine rings is 1. The van der Waals surface area contributed by atoms with Gasteiger partial charge in [0.2, 0.25) is 0 Å². The Hall–Kier alpha value is -2.09. The second kappa shape index (κ2) is 7.88. The largest absolute Gasteiger partial charge is 0.331 e. The Balaban J connectivity index is 1.32. The zero-order valence-electron chi connectivity index (χ0n) is 15.4. The molecule has 146 valence electrons. The van der Waals surface area contributed by atoms with Gasteiger partial charge in [-0.2, -0.15) is 0 Å². The fourth-order valence-electron chi connectivity index (χ4n) is 4.14. The van der Waals surface area contributed by atoms with Crippen LogP contribution in [0.2, 0.25) is 0 Å². The minimum Gasteiger partial charge on any atom is -0.331 e. The molecule has 0 N–H and O–H groups in total. The highest BCUT2D eigenvalue weighted by atomic mass is 19.3. The summed E-state index contributed by atoms with van der Waals surface area (Å²) in [6, 6.07) is 0.947. The van der Waals surface area contributed by atoms with Gasteiger partial charge >= 0.3 is 0 Å². The second-order valence-electron chi connectivity index (χ2n) is 7.60. The summed E-state index contributed by atoms with van der Waals surface area (Å²) < 4.78 is 29.1. The van der Waals surface area contributed by atoms with E-state index in [1.54, 1.807) is 0 Å². The minimum atomic E-state index is -2.70. The number of aromatic nitrogens is 4. The zero-order valence-corrected chi connectivity index (χ0v) is 15.4. The molecule has 2 aliphatic heterocycles. The molecule has 0 aromatic carbocycles. The molecule has 2 aromatic heterocycles. The maximum Gasteiger partial charge on any atom is 0.280 e. The Morgan fingerprint density at radius 3 is 2.70 bits per heavy atom. The number of alkyl halides is 2. The fourth-order valence-corrected chi connectivity index (χ4v) is 4.14. The molecule has 8 heteroatoms. The molecule has 6 nitrogen and oxygen atoms in total. The Morgan fingerprint density at radius 1 is 1.15 bits per heavy atom. The Labute approximate surface area is 156 Å². The van der Waals surface area contributed by atoms with Gasteiger partial charge in [0.25, 0.3) is 12.0 Å². The lowest BCUT2D eigenvalue weighted by molar-refractivity contribution is 0.144. The first-order valence-corrected chi connectivity index (χ1v) is 9.70. The van der Waals surface area contributed by atoms with Crippen LogP contribution in [0.3, 0.4) is 0 Å². The molecule has 2 aromatic rings. The minimum absolute atomic E-state index is 0.373. The van der Waals surface area contributed by atoms with E-state index in [0.717, 1.165) is 51.5 Å². The van der Waals surface area contributed by atoms with Crippen LogP contribution in [0, 0.1) is 5.92 Å². The third-order valence-electron chi connectivity index (χ3n) is 5.72. The van der Waals surface area contributed by atoms with Crippen molar-refractivity contribution < 1.29 is 8.78 Å². The first-order chi connectivity index (χ1) is 13.1. The van der Waals surface area contributed by atoms with Gasteiger partial charge in [-0.1, -0.05) is 0 Å². The van der Waals surface area contributed by atoms with Gasteiger partial charge in [-0.15, -0.1) is 0 Å². The van der Waals surface area contributed by atoms with E-state index in [9.17, 15) is 13.6 Å². The summed E-state index contributed by atoms with van der Waals surface area (Å²) in [5.41, 5.74) is 0.454. The predicted octanol–water partition coefficient (Wildman–Crippen LogP) is 2.63. The van der Waals surface area contributed by atoms with Crippen molar-refractivity contribution in [3.8, 4) is 0 Å². The highest BCUT2D eigenvalue weighted by Gasteiger charge is 2.22. The van der Waals surface area contributed by atoms with E-state index in [1.165, 1.54) is 35.3 Å². The van der Waals surface area contributed by atoms with E-state index < -0.39 is 17.7 Å². The van der Waals surface area contributed by atoms with Gasteiger partial charge in [0.1, 0.15) is 11.5 Å². The molecule has 0 atom stereocenters. The molecular weight excluding hydrogens is 352 g/mol. The van der Waals surface area contributed by atoms with E-state index in [2.05, 4.69) is 19.4 Å². The molecule has 0 spiro atoms. The fraction of sp³-hybridized carbons (Fsp3) is 0.632. The number of fused-ring (bicyclic) bond motifs is 1. The van der Waals surface area contributed by atoms with Crippen molar-refractivity contribution in [2.24, 2.45) is 5.92 Å². The van der Waals surface area contributed by atoms with Crippen LogP contribution in [0.4, 0.5) is 8.78 Å². The zero-order chi connectivity index (χ0) is 18.8. The molecule has 0 radical (unpaired) electrons. The third-order valence-corrected chi connectivity index (χ3v) is 5.72. The Morgan fingerprint density at radius 2 is 1.96 bits per heavy atom. The van der Waals surface area contributed by atoms with Crippen LogP contribution in [0.1, 0.15) is 49.3 Å². The molecule has 4 rings (SSSR count). The maximum atomic E-state index is 12.6. The average molecular weight is 377 g/mol. The summed E-state index contributed by atoms with van der Waals surface area (Å²) in [4.78, 5) is 22.7. The number of nitrogens with zero attached hydrogens (tertiary/aromatic N) is 5. The molecule has 0 saturated carbocycles. The van der Waals surface area contributed by atoms with Crippen molar-refractivity contribution in [3.05, 3.63) is 46.2 Å². The standard InChI is InChI=1S/C19H25F2N5O/c20-19(21)16-9-18(27)25(13-23-16)11-14-4-7-24(8-5-14)12-15-10-22-17-3-1-2-6-26(15)17/h9-10,13-14,19H,1-8,11-12H2. The van der Waals surface area contributed by atoms with Crippen LogP contribution in [0.25, 0.3) is 0 Å². The molecule has 27 heavy (non-hydrogen) atoms. The number of rotatable bonds is 5. The van der Waals surface area contributed by atoms with Crippen LogP contribution in [-0.4, -0.2) is 37.1 Å². The van der Waals surface area contributed by atoms with Crippen LogP contribution >= 0.6 is 0 Å². The lowest BCUT2D eigenvalue weighted by Crippen LogP contribution is -2.36. The molecule has 4 heterocycles. The van der Waals surface area contributed by atoms with Crippen molar-refractivity contribution in [2.75, 3.05) is 13.1 Å². The topological polar surface area (TPSA) is 56.0 Å². The molecule has 0 aliphatic carbocycles. The van der Waals surface area contributed by atoms with Crippen molar-refractivity contribution in [2.45, 2.75) is 58.2 Å². The summed E-state index contributed by atoms with van der Waals surface area (Å²) in [7, 11) is 0. The van der Waals surface area contributed by atoms with Crippen LogP contribution in [0.15, 0.2) is 23.4 Å². The van der Waals surface area contributed by atoms with Crippen LogP contribution in [-0.2, 0) is 26.1 Å². The Kier molecular flexibility index (Phi) is 5.33. The number of hydrogen-bond acceptors (Lipinski definition) is 4. The molecule has 0 bridgehead atoms. The molecular formula is C19H25F2N5O. The number of halogens is 2. The second-order valence-corrected chi connectivity index (χ2v) is 7.60. The molecule has 1 saturated heterocycles. The molecule has 0 unspecified atom stereocenters. The van der Waals surface area contributed by atoms with Crippen LogP contribution < -0.4 is 5.56 Å². The van der Waals surface area contributed by atoms with Gasteiger partial charge in [0, 0.05) is 38.3 Å². The summed E-state index contributed by atoms with van der Waals surface area (Å²) in [5.74, 6) is 1.59. The first-order valence-electron chi connectivity index (χ1n) is 9.70. The maximum absolute atomic E-state index is 12.6. The molecule has 1 fully saturated rings. The Bertz CT molecular complexity index is 839. The average Bonchev–Trinajstić information content (AvgIpc) is 3.08. The summed E-state index contributed by atoms with van der Waals surface area (Å²) in [6.07, 6.45) is 6.09. The highest BCUT2D eigenvalue weighted by molar-refractivity contribution is 5.08. The lowest BCUT2D eigenvalue weighted by atomic mass is 9.96. The SMILES string of the molecule is O=c1cc(C(F)F)ncn1CC1CCN(Cc2cnc3n2CCCC3)CC1. The number of hydrogen-bond donors (Lipinski definition) is 0. The number of imidazole rings is 1. The lowest BCUT2D eigenvalue weighted by Gasteiger charge is -2.32. The number of aryl methyl sites for hydroxylation is 1. The van der Waals surface area contributed by atoms with Gasteiger partial charge in [-0.05, 0) is 44.7 Å².